The predicted octanol–water partition coefficient (Wildman–Crippen LogP) is 3.45. The highest BCUT2D eigenvalue weighted by atomic mass is 35.5. The topological polar surface area (TPSA) is 95.7 Å². The molecule has 1 unspecified atom stereocenters. The average molecular weight is 485 g/mol. The van der Waals surface area contributed by atoms with Crippen LogP contribution in [0.3, 0.4) is 0 Å². The standard InChI is InChI=1S/C21H26Cl2N4O3S/c1-26(21(28)12-15-7-8-18(22)19(23)11-15)20(14-27-9-2-3-10-27)16-5-4-6-17(13-16)25-31(24,29)30/h4-8,11,13,20,25H,2-3,9-10,12,14H2,1H3,(H2,24,29,30). The Morgan fingerprint density at radius 3 is 2.52 bits per heavy atom. The molecule has 1 heterocycles. The number of likely N-dealkylation sites (N-methyl/N-ethyl adjacent to an activating group) is 1. The number of benzene rings is 2. The summed E-state index contributed by atoms with van der Waals surface area (Å²) in [5.74, 6) is -0.0765. The van der Waals surface area contributed by atoms with Crippen molar-refractivity contribution in [1.82, 2.24) is 9.80 Å². The molecular weight excluding hydrogens is 459 g/mol. The fourth-order valence-corrected chi connectivity index (χ4v) is 4.53. The number of rotatable bonds is 8. The maximum absolute atomic E-state index is 13.1. The Bertz CT molecular complexity index is 1040. The third kappa shape index (κ3) is 6.82. The third-order valence-electron chi connectivity index (χ3n) is 5.36. The molecule has 1 fully saturated rings. The summed E-state index contributed by atoms with van der Waals surface area (Å²) < 4.78 is 25.2. The van der Waals surface area contributed by atoms with Crippen LogP contribution in [0.2, 0.25) is 10.0 Å². The van der Waals surface area contributed by atoms with E-state index >= 15 is 0 Å². The monoisotopic (exact) mass is 484 g/mol. The van der Waals surface area contributed by atoms with Crippen molar-refractivity contribution in [2.24, 2.45) is 5.14 Å². The molecule has 10 heteroatoms. The fraction of sp³-hybridized carbons (Fsp3) is 0.381. The van der Waals surface area contributed by atoms with Crippen LogP contribution in [0, 0.1) is 0 Å². The molecule has 2 aromatic rings. The van der Waals surface area contributed by atoms with Crippen LogP contribution in [0.5, 0.6) is 0 Å². The normalized spacial score (nSPS) is 15.6. The third-order valence-corrected chi connectivity index (χ3v) is 6.62. The van der Waals surface area contributed by atoms with Gasteiger partial charge in [-0.15, -0.1) is 0 Å². The highest BCUT2D eigenvalue weighted by Gasteiger charge is 2.26. The first-order chi connectivity index (χ1) is 14.6. The number of hydrogen-bond acceptors (Lipinski definition) is 4. The summed E-state index contributed by atoms with van der Waals surface area (Å²) in [4.78, 5) is 17.1. The molecule has 0 radical (unpaired) electrons. The van der Waals surface area contributed by atoms with E-state index in [-0.39, 0.29) is 18.4 Å². The minimum absolute atomic E-state index is 0.0765. The second kappa shape index (κ2) is 10.2. The van der Waals surface area contributed by atoms with E-state index in [1.165, 1.54) is 0 Å². The molecule has 1 atom stereocenters. The summed E-state index contributed by atoms with van der Waals surface area (Å²) in [5.41, 5.74) is 1.96. The van der Waals surface area contributed by atoms with Crippen LogP contribution in [0.25, 0.3) is 0 Å². The first-order valence-corrected chi connectivity index (χ1v) is 12.2. The fourth-order valence-electron chi connectivity index (χ4n) is 3.76. The Labute approximate surface area is 193 Å². The number of likely N-dealkylation sites (tertiary alicyclic amines) is 1. The molecule has 1 aliphatic rings. The zero-order chi connectivity index (χ0) is 22.6. The zero-order valence-corrected chi connectivity index (χ0v) is 19.6. The number of nitrogens with two attached hydrogens (primary N) is 1. The van der Waals surface area contributed by atoms with Gasteiger partial charge in [-0.3, -0.25) is 9.52 Å². The van der Waals surface area contributed by atoms with Crippen molar-refractivity contribution in [2.75, 3.05) is 31.4 Å². The molecule has 168 valence electrons. The van der Waals surface area contributed by atoms with Crippen molar-refractivity contribution < 1.29 is 13.2 Å². The van der Waals surface area contributed by atoms with E-state index in [4.69, 9.17) is 28.3 Å². The lowest BCUT2D eigenvalue weighted by atomic mass is 10.0. The minimum Gasteiger partial charge on any atom is -0.337 e. The van der Waals surface area contributed by atoms with Gasteiger partial charge in [-0.1, -0.05) is 41.4 Å². The number of hydrogen-bond donors (Lipinski definition) is 2. The number of nitrogens with zero attached hydrogens (tertiary/aromatic N) is 2. The van der Waals surface area contributed by atoms with Crippen LogP contribution >= 0.6 is 23.2 Å². The summed E-state index contributed by atoms with van der Waals surface area (Å²) in [5, 5.41) is 5.96. The van der Waals surface area contributed by atoms with Crippen molar-refractivity contribution in [2.45, 2.75) is 25.3 Å². The van der Waals surface area contributed by atoms with Gasteiger partial charge in [0, 0.05) is 13.6 Å². The smallest absolute Gasteiger partial charge is 0.296 e. The summed E-state index contributed by atoms with van der Waals surface area (Å²) in [6.07, 6.45) is 2.43. The van der Waals surface area contributed by atoms with Crippen molar-refractivity contribution in [3.05, 3.63) is 63.6 Å². The van der Waals surface area contributed by atoms with Gasteiger partial charge < -0.3 is 9.80 Å². The Balaban J connectivity index is 1.84. The van der Waals surface area contributed by atoms with Crippen molar-refractivity contribution in [1.29, 1.82) is 0 Å². The number of carbonyl (C=O) groups excluding carboxylic acids is 1. The molecule has 0 aliphatic carbocycles. The lowest BCUT2D eigenvalue weighted by Crippen LogP contribution is -2.39. The molecule has 1 aliphatic heterocycles. The first kappa shape index (κ1) is 23.8. The molecule has 0 aromatic heterocycles. The number of anilines is 1. The van der Waals surface area contributed by atoms with Gasteiger partial charge in [-0.05, 0) is 61.3 Å². The van der Waals surface area contributed by atoms with Crippen LogP contribution in [0.15, 0.2) is 42.5 Å². The van der Waals surface area contributed by atoms with Crippen LogP contribution in [0.1, 0.15) is 30.0 Å². The molecule has 0 saturated carbocycles. The molecule has 31 heavy (non-hydrogen) atoms. The molecule has 7 nitrogen and oxygen atoms in total. The second-order valence-electron chi connectivity index (χ2n) is 7.73. The summed E-state index contributed by atoms with van der Waals surface area (Å²) in [6.45, 7) is 2.60. The molecule has 2 aromatic carbocycles. The lowest BCUT2D eigenvalue weighted by molar-refractivity contribution is -0.131. The van der Waals surface area contributed by atoms with E-state index in [1.54, 1.807) is 48.3 Å². The van der Waals surface area contributed by atoms with Gasteiger partial charge >= 0.3 is 0 Å². The first-order valence-electron chi connectivity index (χ1n) is 9.95. The van der Waals surface area contributed by atoms with E-state index in [9.17, 15) is 13.2 Å². The molecule has 0 bridgehead atoms. The Hall–Kier alpha value is -1.84. The number of carbonyl (C=O) groups is 1. The van der Waals surface area contributed by atoms with Gasteiger partial charge in [0.2, 0.25) is 5.91 Å². The van der Waals surface area contributed by atoms with Gasteiger partial charge in [-0.2, -0.15) is 8.42 Å². The Morgan fingerprint density at radius 2 is 1.87 bits per heavy atom. The SMILES string of the molecule is CN(C(=O)Cc1ccc(Cl)c(Cl)c1)C(CN1CCCC1)c1cccc(NS(N)(=O)=O)c1. The van der Waals surface area contributed by atoms with Crippen LogP contribution in [-0.2, 0) is 21.4 Å². The molecule has 3 rings (SSSR count). The van der Waals surface area contributed by atoms with E-state index in [0.29, 0.717) is 22.3 Å². The van der Waals surface area contributed by atoms with E-state index in [0.717, 1.165) is 37.1 Å². The number of halogens is 2. The zero-order valence-electron chi connectivity index (χ0n) is 17.2. The van der Waals surface area contributed by atoms with Crippen molar-refractivity contribution in [3.8, 4) is 0 Å². The van der Waals surface area contributed by atoms with Gasteiger partial charge in [0.15, 0.2) is 0 Å². The number of nitrogens with one attached hydrogen (secondary N) is 1. The summed E-state index contributed by atoms with van der Waals surface area (Å²) in [6, 6.07) is 11.9. The number of amides is 1. The molecule has 1 amide bonds. The van der Waals surface area contributed by atoms with E-state index in [1.807, 2.05) is 6.07 Å². The quantitative estimate of drug-likeness (QED) is 0.599. The maximum atomic E-state index is 13.1. The van der Waals surface area contributed by atoms with Crippen molar-refractivity contribution in [3.63, 3.8) is 0 Å². The minimum atomic E-state index is -3.89. The van der Waals surface area contributed by atoms with Gasteiger partial charge in [0.05, 0.1) is 28.2 Å². The molecule has 3 N–H and O–H groups in total. The molecule has 0 spiro atoms. The van der Waals surface area contributed by atoms with Crippen LogP contribution < -0.4 is 9.86 Å². The van der Waals surface area contributed by atoms with Crippen LogP contribution in [-0.4, -0.2) is 50.8 Å². The predicted molar refractivity (Wildman–Crippen MR) is 125 cm³/mol. The summed E-state index contributed by atoms with van der Waals surface area (Å²) in [7, 11) is -2.13. The molecular formula is C21H26Cl2N4O3S. The average Bonchev–Trinajstić information content (AvgIpc) is 3.20. The Kier molecular flexibility index (Phi) is 7.82. The van der Waals surface area contributed by atoms with Crippen LogP contribution in [0.4, 0.5) is 5.69 Å². The highest BCUT2D eigenvalue weighted by Crippen LogP contribution is 2.27. The van der Waals surface area contributed by atoms with E-state index < -0.39 is 10.2 Å². The maximum Gasteiger partial charge on any atom is 0.296 e. The highest BCUT2D eigenvalue weighted by molar-refractivity contribution is 7.90. The van der Waals surface area contributed by atoms with Crippen molar-refractivity contribution >= 4 is 45.0 Å². The Morgan fingerprint density at radius 1 is 1.16 bits per heavy atom. The van der Waals surface area contributed by atoms with E-state index in [2.05, 4.69) is 9.62 Å². The molecule has 1 saturated heterocycles. The second-order valence-corrected chi connectivity index (χ2v) is 9.83. The summed E-state index contributed by atoms with van der Waals surface area (Å²) >= 11 is 12.1. The van der Waals surface area contributed by atoms with Gasteiger partial charge in [0.1, 0.15) is 0 Å². The largest absolute Gasteiger partial charge is 0.337 e. The van der Waals surface area contributed by atoms with Gasteiger partial charge in [-0.25, -0.2) is 5.14 Å². The van der Waals surface area contributed by atoms with Gasteiger partial charge in [0.25, 0.3) is 10.2 Å². The lowest BCUT2D eigenvalue weighted by Gasteiger charge is -2.32.